The van der Waals surface area contributed by atoms with Crippen molar-refractivity contribution in [2.45, 2.75) is 13.8 Å². The molecule has 0 saturated carbocycles. The molecule has 116 valence electrons. The highest BCUT2D eigenvalue weighted by molar-refractivity contribution is 5.91. The van der Waals surface area contributed by atoms with E-state index in [1.165, 1.54) is 10.8 Å². The van der Waals surface area contributed by atoms with Crippen LogP contribution in [0.2, 0.25) is 0 Å². The van der Waals surface area contributed by atoms with Gasteiger partial charge in [-0.15, -0.1) is 0 Å². The van der Waals surface area contributed by atoms with Crippen LogP contribution in [0.15, 0.2) is 53.6 Å². The molecule has 0 radical (unpaired) electrons. The summed E-state index contributed by atoms with van der Waals surface area (Å²) in [5.74, 6) is 0. The number of hydrogen-bond donors (Lipinski definition) is 2. The fourth-order valence-electron chi connectivity index (χ4n) is 2.86. The van der Waals surface area contributed by atoms with E-state index in [-0.39, 0.29) is 0 Å². The van der Waals surface area contributed by atoms with Gasteiger partial charge in [-0.2, -0.15) is 5.10 Å². The van der Waals surface area contributed by atoms with E-state index >= 15 is 0 Å². The Morgan fingerprint density at radius 1 is 1.17 bits per heavy atom. The number of nitrogens with one attached hydrogen (secondary N) is 1. The van der Waals surface area contributed by atoms with E-state index in [9.17, 15) is 4.79 Å². The smallest absolute Gasteiger partial charge is 0.332 e. The van der Waals surface area contributed by atoms with Gasteiger partial charge in [0, 0.05) is 22.3 Å². The molecule has 0 unspecified atom stereocenters. The summed E-state index contributed by atoms with van der Waals surface area (Å²) in [6.07, 6.45) is 1.61. The summed E-state index contributed by atoms with van der Waals surface area (Å²) in [7, 11) is 0. The summed E-state index contributed by atoms with van der Waals surface area (Å²) in [5.41, 5.74) is 11.4. The minimum atomic E-state index is -0.677. The first kappa shape index (κ1) is 14.8. The Morgan fingerprint density at radius 2 is 1.91 bits per heavy atom. The molecule has 0 bridgehead atoms. The molecule has 5 heteroatoms. The number of aromatic nitrogens is 1. The fraction of sp³-hybridized carbons (Fsp3) is 0.111. The van der Waals surface area contributed by atoms with E-state index in [1.54, 1.807) is 6.21 Å². The largest absolute Gasteiger partial charge is 0.350 e. The second-order valence-corrected chi connectivity index (χ2v) is 5.39. The van der Waals surface area contributed by atoms with Crippen molar-refractivity contribution in [2.75, 3.05) is 0 Å². The summed E-state index contributed by atoms with van der Waals surface area (Å²) in [4.78, 5) is 10.7. The normalized spacial score (nSPS) is 11.2. The Kier molecular flexibility index (Phi) is 3.85. The Morgan fingerprint density at radius 3 is 2.70 bits per heavy atom. The molecular weight excluding hydrogens is 288 g/mol. The van der Waals surface area contributed by atoms with Crippen LogP contribution in [0.3, 0.4) is 0 Å². The molecular formula is C18H18N4O. The van der Waals surface area contributed by atoms with Crippen LogP contribution in [0.25, 0.3) is 16.5 Å². The third-order valence-electron chi connectivity index (χ3n) is 3.86. The first-order chi connectivity index (χ1) is 11.1. The minimum Gasteiger partial charge on any atom is -0.350 e. The number of rotatable bonds is 3. The van der Waals surface area contributed by atoms with Crippen molar-refractivity contribution in [3.05, 3.63) is 65.5 Å². The van der Waals surface area contributed by atoms with Gasteiger partial charge >= 0.3 is 6.03 Å². The second-order valence-electron chi connectivity index (χ2n) is 5.39. The first-order valence-corrected chi connectivity index (χ1v) is 7.33. The minimum absolute atomic E-state index is 0.677. The van der Waals surface area contributed by atoms with Gasteiger partial charge in [0.1, 0.15) is 0 Å². The fourth-order valence-corrected chi connectivity index (χ4v) is 2.86. The van der Waals surface area contributed by atoms with Crippen LogP contribution in [0.5, 0.6) is 0 Å². The van der Waals surface area contributed by atoms with Crippen LogP contribution in [-0.4, -0.2) is 16.8 Å². The van der Waals surface area contributed by atoms with Crippen LogP contribution in [-0.2, 0) is 0 Å². The van der Waals surface area contributed by atoms with Gasteiger partial charge in [0.25, 0.3) is 0 Å². The van der Waals surface area contributed by atoms with E-state index in [4.69, 9.17) is 5.73 Å². The molecule has 0 fully saturated rings. The quantitative estimate of drug-likeness (QED) is 0.566. The highest BCUT2D eigenvalue weighted by Gasteiger charge is 2.11. The van der Waals surface area contributed by atoms with Crippen molar-refractivity contribution < 1.29 is 4.79 Å². The molecule has 1 aromatic heterocycles. The molecule has 3 rings (SSSR count). The lowest BCUT2D eigenvalue weighted by Crippen LogP contribution is -2.24. The van der Waals surface area contributed by atoms with Crippen molar-refractivity contribution in [3.63, 3.8) is 0 Å². The number of urea groups is 1. The number of carbonyl (C=O) groups is 1. The number of primary amides is 1. The zero-order valence-corrected chi connectivity index (χ0v) is 13.1. The maximum Gasteiger partial charge on any atom is 0.332 e. The molecule has 1 heterocycles. The number of fused-ring (bicyclic) bond motifs is 1. The van der Waals surface area contributed by atoms with Crippen LogP contribution in [0, 0.1) is 13.8 Å². The summed E-state index contributed by atoms with van der Waals surface area (Å²) in [6, 6.07) is 15.9. The number of amides is 2. The summed E-state index contributed by atoms with van der Waals surface area (Å²) >= 11 is 0. The molecule has 23 heavy (non-hydrogen) atoms. The van der Waals surface area contributed by atoms with Crippen LogP contribution in [0.1, 0.15) is 17.0 Å². The van der Waals surface area contributed by atoms with E-state index in [2.05, 4.69) is 45.4 Å². The van der Waals surface area contributed by atoms with Crippen molar-refractivity contribution in [1.29, 1.82) is 0 Å². The maximum absolute atomic E-state index is 10.7. The standard InChI is InChI=1S/C18H18N4O/c1-12-10-15(11-20-21-18(19)23)13(2)22(12)17-9-5-7-14-6-3-4-8-16(14)17/h3-11H,1-2H3,(H3,19,21,23)/b20-11+. The number of nitrogens with zero attached hydrogens (tertiary/aromatic N) is 2. The third-order valence-corrected chi connectivity index (χ3v) is 3.86. The number of nitrogens with two attached hydrogens (primary N) is 1. The van der Waals surface area contributed by atoms with Crippen molar-refractivity contribution in [2.24, 2.45) is 10.8 Å². The molecule has 0 aliphatic heterocycles. The second kappa shape index (κ2) is 5.96. The monoisotopic (exact) mass is 306 g/mol. The van der Waals surface area contributed by atoms with Gasteiger partial charge in [-0.05, 0) is 31.4 Å². The van der Waals surface area contributed by atoms with E-state index in [0.29, 0.717) is 0 Å². The molecule has 0 aliphatic carbocycles. The number of benzene rings is 2. The average Bonchev–Trinajstić information content (AvgIpc) is 2.81. The van der Waals surface area contributed by atoms with Crippen LogP contribution >= 0.6 is 0 Å². The number of aryl methyl sites for hydroxylation is 1. The molecule has 0 aliphatic rings. The van der Waals surface area contributed by atoms with Gasteiger partial charge in [-0.3, -0.25) is 0 Å². The van der Waals surface area contributed by atoms with Gasteiger partial charge in [0.05, 0.1) is 11.9 Å². The predicted octanol–water partition coefficient (Wildman–Crippen LogP) is 3.25. The lowest BCUT2D eigenvalue weighted by Gasteiger charge is -2.12. The summed E-state index contributed by atoms with van der Waals surface area (Å²) in [6.45, 7) is 4.08. The molecule has 2 aromatic carbocycles. The van der Waals surface area contributed by atoms with Crippen molar-refractivity contribution in [3.8, 4) is 5.69 Å². The molecule has 5 nitrogen and oxygen atoms in total. The highest BCUT2D eigenvalue weighted by atomic mass is 16.2. The molecule has 0 spiro atoms. The van der Waals surface area contributed by atoms with E-state index in [1.807, 2.05) is 32.0 Å². The SMILES string of the molecule is Cc1cc(/C=N/NC(N)=O)c(C)n1-c1cccc2ccccc12. The lowest BCUT2D eigenvalue weighted by molar-refractivity contribution is 0.249. The Bertz CT molecular complexity index is 903. The summed E-state index contributed by atoms with van der Waals surface area (Å²) in [5, 5.41) is 6.24. The van der Waals surface area contributed by atoms with Gasteiger partial charge in [-0.1, -0.05) is 36.4 Å². The topological polar surface area (TPSA) is 72.4 Å². The average molecular weight is 306 g/mol. The molecule has 3 N–H and O–H groups in total. The van der Waals surface area contributed by atoms with Gasteiger partial charge < -0.3 is 10.3 Å². The van der Waals surface area contributed by atoms with Crippen LogP contribution < -0.4 is 11.2 Å². The maximum atomic E-state index is 10.7. The predicted molar refractivity (Wildman–Crippen MR) is 93.1 cm³/mol. The zero-order chi connectivity index (χ0) is 16.4. The molecule has 2 amide bonds. The van der Waals surface area contributed by atoms with E-state index in [0.717, 1.165) is 22.6 Å². The van der Waals surface area contributed by atoms with Crippen molar-refractivity contribution >= 4 is 23.0 Å². The van der Waals surface area contributed by atoms with Crippen LogP contribution in [0.4, 0.5) is 4.79 Å². The van der Waals surface area contributed by atoms with Gasteiger partial charge in [0.15, 0.2) is 0 Å². The highest BCUT2D eigenvalue weighted by Crippen LogP contribution is 2.26. The lowest BCUT2D eigenvalue weighted by atomic mass is 10.1. The Hall–Kier alpha value is -3.08. The van der Waals surface area contributed by atoms with E-state index < -0.39 is 6.03 Å². The molecule has 0 atom stereocenters. The molecule has 3 aromatic rings. The van der Waals surface area contributed by atoms with Gasteiger partial charge in [0.2, 0.25) is 0 Å². The number of carbonyl (C=O) groups excluding carboxylic acids is 1. The van der Waals surface area contributed by atoms with Gasteiger partial charge in [-0.25, -0.2) is 10.2 Å². The first-order valence-electron chi connectivity index (χ1n) is 7.33. The summed E-state index contributed by atoms with van der Waals surface area (Å²) < 4.78 is 2.19. The Labute approximate surface area is 134 Å². The molecule has 0 saturated heterocycles. The van der Waals surface area contributed by atoms with Crippen molar-refractivity contribution in [1.82, 2.24) is 9.99 Å². The Balaban J connectivity index is 2.11. The zero-order valence-electron chi connectivity index (χ0n) is 13.1. The third kappa shape index (κ3) is 2.81. The number of hydrogen-bond acceptors (Lipinski definition) is 2. The number of hydrazone groups is 1.